The molecule has 0 fully saturated rings. The molecule has 2 aromatic carbocycles. The standard InChI is InChI=1S/C16H15ClN4O/c1-11-2-8-14(9-3-11)20-21-15(10-19-18)16(22)12-4-6-13(17)7-5-12/h2-10,20H,18H2,1H3/b19-10+,21-15-. The lowest BCUT2D eigenvalue weighted by Crippen LogP contribution is -2.18. The van der Waals surface area contributed by atoms with Crippen molar-refractivity contribution in [2.75, 3.05) is 5.43 Å². The zero-order valence-corrected chi connectivity index (χ0v) is 12.7. The zero-order valence-electron chi connectivity index (χ0n) is 12.0. The number of hydrazone groups is 2. The molecule has 0 bridgehead atoms. The minimum absolute atomic E-state index is 0.102. The van der Waals surface area contributed by atoms with E-state index >= 15 is 0 Å². The summed E-state index contributed by atoms with van der Waals surface area (Å²) >= 11 is 5.81. The highest BCUT2D eigenvalue weighted by molar-refractivity contribution is 6.64. The van der Waals surface area contributed by atoms with Crippen LogP contribution in [0.3, 0.4) is 0 Å². The third kappa shape index (κ3) is 4.17. The van der Waals surface area contributed by atoms with Gasteiger partial charge in [0.15, 0.2) is 5.71 Å². The van der Waals surface area contributed by atoms with Crippen molar-refractivity contribution >= 4 is 35.0 Å². The summed E-state index contributed by atoms with van der Waals surface area (Å²) in [6.07, 6.45) is 1.21. The van der Waals surface area contributed by atoms with E-state index in [1.165, 1.54) is 6.21 Å². The molecule has 0 amide bonds. The van der Waals surface area contributed by atoms with Gasteiger partial charge in [0.05, 0.1) is 11.9 Å². The molecule has 2 aromatic rings. The Kier molecular flexibility index (Phi) is 5.27. The van der Waals surface area contributed by atoms with Gasteiger partial charge in [0.1, 0.15) is 0 Å². The van der Waals surface area contributed by atoms with Crippen LogP contribution < -0.4 is 11.3 Å². The molecular weight excluding hydrogens is 300 g/mol. The number of ketones is 1. The molecule has 5 nitrogen and oxygen atoms in total. The minimum atomic E-state index is -0.300. The van der Waals surface area contributed by atoms with E-state index in [1.807, 2.05) is 31.2 Å². The lowest BCUT2D eigenvalue weighted by Gasteiger charge is -2.04. The summed E-state index contributed by atoms with van der Waals surface area (Å²) in [7, 11) is 0. The lowest BCUT2D eigenvalue weighted by atomic mass is 10.1. The average molecular weight is 315 g/mol. The van der Waals surface area contributed by atoms with E-state index in [-0.39, 0.29) is 11.5 Å². The van der Waals surface area contributed by atoms with Crippen LogP contribution in [0, 0.1) is 6.92 Å². The van der Waals surface area contributed by atoms with E-state index in [4.69, 9.17) is 17.4 Å². The summed E-state index contributed by atoms with van der Waals surface area (Å²) in [5.41, 5.74) is 5.26. The predicted molar refractivity (Wildman–Crippen MR) is 90.7 cm³/mol. The Hall–Kier alpha value is -2.66. The maximum absolute atomic E-state index is 12.4. The molecule has 0 aliphatic rings. The van der Waals surface area contributed by atoms with Crippen molar-refractivity contribution < 1.29 is 4.79 Å². The van der Waals surface area contributed by atoms with Gasteiger partial charge in [0.25, 0.3) is 0 Å². The Morgan fingerprint density at radius 3 is 2.36 bits per heavy atom. The van der Waals surface area contributed by atoms with E-state index in [2.05, 4.69) is 15.6 Å². The third-order valence-corrected chi connectivity index (χ3v) is 3.14. The second kappa shape index (κ2) is 7.38. The highest BCUT2D eigenvalue weighted by Gasteiger charge is 2.12. The molecule has 0 radical (unpaired) electrons. The van der Waals surface area contributed by atoms with Gasteiger partial charge in [0, 0.05) is 10.6 Å². The van der Waals surface area contributed by atoms with Gasteiger partial charge in [-0.1, -0.05) is 29.3 Å². The van der Waals surface area contributed by atoms with E-state index in [1.54, 1.807) is 24.3 Å². The van der Waals surface area contributed by atoms with E-state index in [0.717, 1.165) is 11.3 Å². The summed E-state index contributed by atoms with van der Waals surface area (Å²) < 4.78 is 0. The molecule has 6 heteroatoms. The van der Waals surface area contributed by atoms with Crippen LogP contribution >= 0.6 is 11.6 Å². The third-order valence-electron chi connectivity index (χ3n) is 2.89. The molecule has 0 aromatic heterocycles. The molecular formula is C16H15ClN4O. The number of carbonyl (C=O) groups is 1. The number of rotatable bonds is 5. The summed E-state index contributed by atoms with van der Waals surface area (Å²) in [6.45, 7) is 1.99. The van der Waals surface area contributed by atoms with Crippen LogP contribution in [0.2, 0.25) is 5.02 Å². The molecule has 0 atom stereocenters. The smallest absolute Gasteiger partial charge is 0.214 e. The Morgan fingerprint density at radius 2 is 1.77 bits per heavy atom. The Morgan fingerprint density at radius 1 is 1.14 bits per heavy atom. The number of hydrogen-bond acceptors (Lipinski definition) is 5. The number of nitrogens with two attached hydrogens (primary N) is 1. The monoisotopic (exact) mass is 314 g/mol. The van der Waals surface area contributed by atoms with E-state index in [0.29, 0.717) is 10.6 Å². The van der Waals surface area contributed by atoms with Crippen molar-refractivity contribution in [2.45, 2.75) is 6.92 Å². The molecule has 0 spiro atoms. The average Bonchev–Trinajstić information content (AvgIpc) is 2.53. The lowest BCUT2D eigenvalue weighted by molar-refractivity contribution is 0.106. The Labute approximate surface area is 133 Å². The largest absolute Gasteiger partial charge is 0.323 e. The van der Waals surface area contributed by atoms with Gasteiger partial charge in [0.2, 0.25) is 5.78 Å². The molecule has 0 saturated carbocycles. The summed E-state index contributed by atoms with van der Waals surface area (Å²) in [4.78, 5) is 12.4. The van der Waals surface area contributed by atoms with Crippen LogP contribution in [-0.2, 0) is 0 Å². The maximum Gasteiger partial charge on any atom is 0.214 e. The molecule has 0 unspecified atom stereocenters. The minimum Gasteiger partial charge on any atom is -0.323 e. The van der Waals surface area contributed by atoms with Gasteiger partial charge < -0.3 is 5.84 Å². The Bertz CT molecular complexity index is 706. The maximum atomic E-state index is 12.4. The first-order valence-corrected chi connectivity index (χ1v) is 6.92. The number of aryl methyl sites for hydroxylation is 1. The van der Waals surface area contributed by atoms with Gasteiger partial charge in [-0.2, -0.15) is 10.2 Å². The van der Waals surface area contributed by atoms with Crippen molar-refractivity contribution in [3.05, 3.63) is 64.7 Å². The first kappa shape index (κ1) is 15.7. The van der Waals surface area contributed by atoms with Gasteiger partial charge >= 0.3 is 0 Å². The number of halogens is 1. The van der Waals surface area contributed by atoms with Crippen LogP contribution in [0.4, 0.5) is 5.69 Å². The fraction of sp³-hybridized carbons (Fsp3) is 0.0625. The fourth-order valence-electron chi connectivity index (χ4n) is 1.71. The van der Waals surface area contributed by atoms with Crippen LogP contribution in [0.25, 0.3) is 0 Å². The van der Waals surface area contributed by atoms with Crippen molar-refractivity contribution in [1.29, 1.82) is 0 Å². The van der Waals surface area contributed by atoms with Crippen LogP contribution in [-0.4, -0.2) is 17.7 Å². The van der Waals surface area contributed by atoms with Crippen molar-refractivity contribution in [2.24, 2.45) is 16.0 Å². The van der Waals surface area contributed by atoms with Gasteiger partial charge in [-0.25, -0.2) is 0 Å². The van der Waals surface area contributed by atoms with Gasteiger partial charge in [-0.05, 0) is 43.3 Å². The summed E-state index contributed by atoms with van der Waals surface area (Å²) in [5, 5.41) is 8.01. The highest BCUT2D eigenvalue weighted by atomic mass is 35.5. The first-order valence-electron chi connectivity index (χ1n) is 6.54. The molecule has 112 valence electrons. The second-order valence-electron chi connectivity index (χ2n) is 4.59. The number of nitrogens with zero attached hydrogens (tertiary/aromatic N) is 2. The molecule has 3 N–H and O–H groups in total. The molecule has 0 aliphatic heterocycles. The van der Waals surface area contributed by atoms with E-state index < -0.39 is 0 Å². The zero-order chi connectivity index (χ0) is 15.9. The SMILES string of the molecule is Cc1ccc(N/N=C(/C=N/N)C(=O)c2ccc(Cl)cc2)cc1. The van der Waals surface area contributed by atoms with Crippen LogP contribution in [0.1, 0.15) is 15.9 Å². The number of carbonyl (C=O) groups excluding carboxylic acids is 1. The number of Topliss-reactive ketones (excluding diaryl/α,β-unsaturated/α-hetero) is 1. The molecule has 0 heterocycles. The molecule has 22 heavy (non-hydrogen) atoms. The Balaban J connectivity index is 2.21. The van der Waals surface area contributed by atoms with Gasteiger partial charge in [-0.3, -0.25) is 10.2 Å². The van der Waals surface area contributed by atoms with Crippen molar-refractivity contribution in [3.8, 4) is 0 Å². The van der Waals surface area contributed by atoms with Gasteiger partial charge in [-0.15, -0.1) is 0 Å². The summed E-state index contributed by atoms with van der Waals surface area (Å²) in [5.74, 6) is 4.85. The van der Waals surface area contributed by atoms with Crippen molar-refractivity contribution in [3.63, 3.8) is 0 Å². The number of anilines is 1. The topological polar surface area (TPSA) is 79.8 Å². The highest BCUT2D eigenvalue weighted by Crippen LogP contribution is 2.11. The summed E-state index contributed by atoms with van der Waals surface area (Å²) in [6, 6.07) is 14.1. The number of benzene rings is 2. The number of nitrogens with one attached hydrogen (secondary N) is 1. The molecule has 0 aliphatic carbocycles. The fourth-order valence-corrected chi connectivity index (χ4v) is 1.84. The number of hydrogen-bond donors (Lipinski definition) is 2. The van der Waals surface area contributed by atoms with E-state index in [9.17, 15) is 4.79 Å². The van der Waals surface area contributed by atoms with Crippen LogP contribution in [0.5, 0.6) is 0 Å². The quantitative estimate of drug-likeness (QED) is 0.385. The predicted octanol–water partition coefficient (Wildman–Crippen LogP) is 3.24. The normalized spacial score (nSPS) is 11.6. The molecule has 2 rings (SSSR count). The van der Waals surface area contributed by atoms with Crippen molar-refractivity contribution in [1.82, 2.24) is 0 Å². The first-order chi connectivity index (χ1) is 10.6. The second-order valence-corrected chi connectivity index (χ2v) is 5.03. The van der Waals surface area contributed by atoms with Crippen LogP contribution in [0.15, 0.2) is 58.7 Å². The molecule has 0 saturated heterocycles.